The minimum Gasteiger partial charge on any atom is -0.366 e. The number of rotatable bonds is 4. The summed E-state index contributed by atoms with van der Waals surface area (Å²) in [7, 11) is 0. The van der Waals surface area contributed by atoms with E-state index >= 15 is 0 Å². The summed E-state index contributed by atoms with van der Waals surface area (Å²) in [5, 5.41) is 14.6. The van der Waals surface area contributed by atoms with Crippen molar-refractivity contribution in [1.29, 1.82) is 0 Å². The van der Waals surface area contributed by atoms with Crippen molar-refractivity contribution in [3.05, 3.63) is 35.4 Å². The van der Waals surface area contributed by atoms with Crippen LogP contribution in [0.5, 0.6) is 0 Å². The van der Waals surface area contributed by atoms with Crippen LogP contribution in [0.15, 0.2) is 24.3 Å². The van der Waals surface area contributed by atoms with E-state index in [0.29, 0.717) is 6.04 Å². The number of hydrogen-bond acceptors (Lipinski definition) is 3. The number of anilines is 1. The van der Waals surface area contributed by atoms with Crippen molar-refractivity contribution in [2.45, 2.75) is 39.2 Å². The number of nitrogens with zero attached hydrogens (tertiary/aromatic N) is 1. The predicted molar refractivity (Wildman–Crippen MR) is 87.7 cm³/mol. The Morgan fingerprint density at radius 1 is 1.19 bits per heavy atom. The maximum Gasteiger partial charge on any atom is 0.151 e. The van der Waals surface area contributed by atoms with Gasteiger partial charge in [0.1, 0.15) is 0 Å². The van der Waals surface area contributed by atoms with Crippen LogP contribution in [-0.4, -0.2) is 29.3 Å². The Labute approximate surface area is 126 Å². The molecule has 0 atom stereocenters. The molecule has 0 unspecified atom stereocenters. The first kappa shape index (κ1) is 14.1. The van der Waals surface area contributed by atoms with Crippen molar-refractivity contribution >= 4 is 5.82 Å². The number of aromatic amines is 1. The van der Waals surface area contributed by atoms with Crippen LogP contribution in [0.1, 0.15) is 30.9 Å². The fourth-order valence-electron chi connectivity index (χ4n) is 2.89. The summed E-state index contributed by atoms with van der Waals surface area (Å²) >= 11 is 0. The van der Waals surface area contributed by atoms with Crippen LogP contribution < -0.4 is 10.6 Å². The summed E-state index contributed by atoms with van der Waals surface area (Å²) in [6, 6.07) is 9.26. The topological polar surface area (TPSA) is 52.7 Å². The molecule has 4 heteroatoms. The van der Waals surface area contributed by atoms with Gasteiger partial charge in [-0.3, -0.25) is 5.10 Å². The molecule has 3 N–H and O–H groups in total. The number of benzene rings is 1. The van der Waals surface area contributed by atoms with E-state index in [0.717, 1.165) is 43.9 Å². The summed E-state index contributed by atoms with van der Waals surface area (Å²) in [4.78, 5) is 0. The van der Waals surface area contributed by atoms with Crippen LogP contribution in [0, 0.1) is 6.92 Å². The minimum atomic E-state index is 0.531. The van der Waals surface area contributed by atoms with Crippen LogP contribution in [-0.2, 0) is 6.42 Å². The third-order valence-electron chi connectivity index (χ3n) is 4.34. The van der Waals surface area contributed by atoms with E-state index in [1.54, 1.807) is 0 Å². The van der Waals surface area contributed by atoms with E-state index in [1.165, 1.54) is 16.7 Å². The van der Waals surface area contributed by atoms with Crippen LogP contribution in [0.25, 0.3) is 11.3 Å². The molecular formula is C17H24N4. The quantitative estimate of drug-likeness (QED) is 0.808. The maximum atomic E-state index is 4.47. The monoisotopic (exact) mass is 284 g/mol. The standard InChI is InChI=1S/C17H24N4/c1-3-13-4-6-14(7-5-13)16-12(2)17(21-20-16)19-15-8-10-18-11-9-15/h4-7,15,18H,3,8-11H2,1-2H3,(H2,19,20,21). The van der Waals surface area contributed by atoms with Gasteiger partial charge in [-0.2, -0.15) is 5.10 Å². The molecule has 0 saturated carbocycles. The number of hydrogen-bond donors (Lipinski definition) is 3. The van der Waals surface area contributed by atoms with Crippen LogP contribution in [0.4, 0.5) is 5.82 Å². The van der Waals surface area contributed by atoms with Gasteiger partial charge in [-0.25, -0.2) is 0 Å². The summed E-state index contributed by atoms with van der Waals surface area (Å²) in [6.45, 7) is 6.49. The SMILES string of the molecule is CCc1ccc(-c2[nH]nc(NC3CCNCC3)c2C)cc1. The molecule has 21 heavy (non-hydrogen) atoms. The molecule has 1 fully saturated rings. The first-order valence-electron chi connectivity index (χ1n) is 7.89. The first-order chi connectivity index (χ1) is 10.3. The van der Waals surface area contributed by atoms with Gasteiger partial charge >= 0.3 is 0 Å². The lowest BCUT2D eigenvalue weighted by Crippen LogP contribution is -2.35. The van der Waals surface area contributed by atoms with Crippen molar-refractivity contribution in [3.8, 4) is 11.3 Å². The Morgan fingerprint density at radius 2 is 1.90 bits per heavy atom. The van der Waals surface area contributed by atoms with Crippen molar-refractivity contribution in [1.82, 2.24) is 15.5 Å². The third-order valence-corrected chi connectivity index (χ3v) is 4.34. The van der Waals surface area contributed by atoms with Crippen LogP contribution >= 0.6 is 0 Å². The Morgan fingerprint density at radius 3 is 2.57 bits per heavy atom. The molecule has 2 heterocycles. The normalized spacial score (nSPS) is 16.1. The summed E-state index contributed by atoms with van der Waals surface area (Å²) in [5.41, 5.74) is 4.89. The van der Waals surface area contributed by atoms with Gasteiger partial charge in [0.15, 0.2) is 5.82 Å². The zero-order valence-corrected chi connectivity index (χ0v) is 12.9. The number of aromatic nitrogens is 2. The minimum absolute atomic E-state index is 0.531. The molecular weight excluding hydrogens is 260 g/mol. The predicted octanol–water partition coefficient (Wildman–Crippen LogP) is 3.11. The van der Waals surface area contributed by atoms with Crippen molar-refractivity contribution in [3.63, 3.8) is 0 Å². The van der Waals surface area contributed by atoms with E-state index in [9.17, 15) is 0 Å². The molecule has 0 radical (unpaired) electrons. The lowest BCUT2D eigenvalue weighted by atomic mass is 10.0. The van der Waals surface area contributed by atoms with E-state index < -0.39 is 0 Å². The van der Waals surface area contributed by atoms with Gasteiger partial charge in [0, 0.05) is 11.6 Å². The molecule has 0 spiro atoms. The van der Waals surface area contributed by atoms with Gasteiger partial charge in [-0.15, -0.1) is 0 Å². The molecule has 3 rings (SSSR count). The molecule has 1 saturated heterocycles. The first-order valence-corrected chi connectivity index (χ1v) is 7.89. The van der Waals surface area contributed by atoms with Gasteiger partial charge < -0.3 is 10.6 Å². The van der Waals surface area contributed by atoms with Gasteiger partial charge in [-0.1, -0.05) is 31.2 Å². The molecule has 0 amide bonds. The summed E-state index contributed by atoms with van der Waals surface area (Å²) in [5.74, 6) is 0.997. The van der Waals surface area contributed by atoms with Gasteiger partial charge in [0.2, 0.25) is 0 Å². The zero-order valence-electron chi connectivity index (χ0n) is 12.9. The zero-order chi connectivity index (χ0) is 14.7. The molecule has 1 aliphatic heterocycles. The Hall–Kier alpha value is -1.81. The van der Waals surface area contributed by atoms with E-state index in [1.807, 2.05) is 0 Å². The highest BCUT2D eigenvalue weighted by Gasteiger charge is 2.17. The number of piperidine rings is 1. The molecule has 1 aromatic heterocycles. The second-order valence-corrected chi connectivity index (χ2v) is 5.79. The highest BCUT2D eigenvalue weighted by atomic mass is 15.2. The summed E-state index contributed by atoms with van der Waals surface area (Å²) < 4.78 is 0. The molecule has 2 aromatic rings. The smallest absolute Gasteiger partial charge is 0.151 e. The van der Waals surface area contributed by atoms with E-state index in [2.05, 4.69) is 58.9 Å². The second-order valence-electron chi connectivity index (χ2n) is 5.79. The Bertz CT molecular complexity index is 579. The summed E-state index contributed by atoms with van der Waals surface area (Å²) in [6.07, 6.45) is 3.39. The Balaban J connectivity index is 1.77. The highest BCUT2D eigenvalue weighted by molar-refractivity contribution is 5.68. The van der Waals surface area contributed by atoms with Crippen LogP contribution in [0.3, 0.4) is 0 Å². The van der Waals surface area contributed by atoms with Crippen molar-refractivity contribution < 1.29 is 0 Å². The fraction of sp³-hybridized carbons (Fsp3) is 0.471. The average Bonchev–Trinajstić information content (AvgIpc) is 2.89. The average molecular weight is 284 g/mol. The number of H-pyrrole nitrogens is 1. The van der Waals surface area contributed by atoms with E-state index in [-0.39, 0.29) is 0 Å². The molecule has 112 valence electrons. The largest absolute Gasteiger partial charge is 0.366 e. The Kier molecular flexibility index (Phi) is 4.25. The fourth-order valence-corrected chi connectivity index (χ4v) is 2.89. The highest BCUT2D eigenvalue weighted by Crippen LogP contribution is 2.27. The van der Waals surface area contributed by atoms with Gasteiger partial charge in [0.25, 0.3) is 0 Å². The van der Waals surface area contributed by atoms with Crippen LogP contribution in [0.2, 0.25) is 0 Å². The van der Waals surface area contributed by atoms with E-state index in [4.69, 9.17) is 0 Å². The molecule has 1 aromatic carbocycles. The lowest BCUT2D eigenvalue weighted by molar-refractivity contribution is 0.478. The number of nitrogens with one attached hydrogen (secondary N) is 3. The molecule has 0 bridgehead atoms. The van der Waals surface area contributed by atoms with Gasteiger partial charge in [-0.05, 0) is 50.4 Å². The third kappa shape index (κ3) is 3.10. The van der Waals surface area contributed by atoms with Crippen molar-refractivity contribution in [2.24, 2.45) is 0 Å². The molecule has 0 aliphatic carbocycles. The second kappa shape index (κ2) is 6.31. The molecule has 4 nitrogen and oxygen atoms in total. The lowest BCUT2D eigenvalue weighted by Gasteiger charge is -2.23. The maximum absolute atomic E-state index is 4.47. The molecule has 1 aliphatic rings. The van der Waals surface area contributed by atoms with Crippen molar-refractivity contribution in [2.75, 3.05) is 18.4 Å². The number of aryl methyl sites for hydroxylation is 1. The van der Waals surface area contributed by atoms with Gasteiger partial charge in [0.05, 0.1) is 5.69 Å².